The lowest BCUT2D eigenvalue weighted by Crippen LogP contribution is -2.19. The molecule has 0 atom stereocenters. The first kappa shape index (κ1) is 14.1. The Labute approximate surface area is 76.7 Å². The molecular weight excluding hydrogens is 150 g/mol. The summed E-state index contributed by atoms with van der Waals surface area (Å²) in [6.45, 7) is 11.4. The molecular formula is C9H23N3. The predicted octanol–water partition coefficient (Wildman–Crippen LogP) is 0.994. The second-order valence-corrected chi connectivity index (χ2v) is 2.60. The summed E-state index contributed by atoms with van der Waals surface area (Å²) < 4.78 is 0. The number of hydrogen-bond donors (Lipinski definition) is 1. The number of nitrogens with two attached hydrogens (primary N) is 1. The Kier molecular flexibility index (Phi) is 15.5. The van der Waals surface area contributed by atoms with Crippen LogP contribution < -0.4 is 5.73 Å². The first-order valence-corrected chi connectivity index (χ1v) is 4.53. The lowest BCUT2D eigenvalue weighted by atomic mass is 10.4. The van der Waals surface area contributed by atoms with Gasteiger partial charge in [0.05, 0.1) is 0 Å². The molecule has 0 bridgehead atoms. The van der Waals surface area contributed by atoms with Crippen LogP contribution in [0.4, 0.5) is 0 Å². The summed E-state index contributed by atoms with van der Waals surface area (Å²) in [6, 6.07) is 0. The highest BCUT2D eigenvalue weighted by Crippen LogP contribution is 1.85. The summed E-state index contributed by atoms with van der Waals surface area (Å²) in [5, 5.41) is 0. The first-order valence-electron chi connectivity index (χ1n) is 4.53. The third-order valence-electron chi connectivity index (χ3n) is 1.40. The van der Waals surface area contributed by atoms with Gasteiger partial charge in [0.25, 0.3) is 0 Å². The van der Waals surface area contributed by atoms with Gasteiger partial charge in [-0.3, -0.25) is 0 Å². The highest BCUT2D eigenvalue weighted by molar-refractivity contribution is 5.22. The van der Waals surface area contributed by atoms with Crippen LogP contribution in [-0.2, 0) is 0 Å². The molecule has 0 fully saturated rings. The van der Waals surface area contributed by atoms with E-state index in [-0.39, 0.29) is 0 Å². The Morgan fingerprint density at radius 3 is 2.25 bits per heavy atom. The molecule has 74 valence electrons. The summed E-state index contributed by atoms with van der Waals surface area (Å²) in [5.41, 5.74) is 4.85. The van der Waals surface area contributed by atoms with Gasteiger partial charge < -0.3 is 15.6 Å². The first-order chi connectivity index (χ1) is 5.72. The zero-order valence-electron chi connectivity index (χ0n) is 8.71. The van der Waals surface area contributed by atoms with Gasteiger partial charge in [0, 0.05) is 6.54 Å². The Morgan fingerprint density at radius 1 is 1.42 bits per heavy atom. The maximum absolute atomic E-state index is 4.85. The Bertz CT molecular complexity index is 83.8. The fourth-order valence-corrected chi connectivity index (χ4v) is 0.611. The normalized spacial score (nSPS) is 9.08. The van der Waals surface area contributed by atoms with Crippen molar-refractivity contribution in [2.24, 2.45) is 10.7 Å². The largest absolute Gasteiger partial charge is 0.331 e. The van der Waals surface area contributed by atoms with Gasteiger partial charge in [0.2, 0.25) is 0 Å². The zero-order chi connectivity index (χ0) is 9.82. The van der Waals surface area contributed by atoms with Crippen molar-refractivity contribution in [3.63, 3.8) is 0 Å². The summed E-state index contributed by atoms with van der Waals surface area (Å²) in [4.78, 5) is 6.03. The molecule has 0 unspecified atom stereocenters. The Hall–Kier alpha value is -0.410. The van der Waals surface area contributed by atoms with Crippen LogP contribution in [0.2, 0.25) is 0 Å². The molecule has 0 spiro atoms. The molecule has 0 aliphatic heterocycles. The molecule has 0 radical (unpaired) electrons. The summed E-state index contributed by atoms with van der Waals surface area (Å²) in [5.74, 6) is 0. The van der Waals surface area contributed by atoms with E-state index in [1.807, 2.05) is 6.92 Å². The number of aliphatic imine (C=N–C) groups is 1. The quantitative estimate of drug-likeness (QED) is 0.497. The molecule has 0 amide bonds. The fourth-order valence-electron chi connectivity index (χ4n) is 0.611. The Balaban J connectivity index is 0. The van der Waals surface area contributed by atoms with E-state index in [1.165, 1.54) is 0 Å². The number of hydrogen-bond acceptors (Lipinski definition) is 3. The third kappa shape index (κ3) is 16.3. The maximum atomic E-state index is 4.85. The van der Waals surface area contributed by atoms with Gasteiger partial charge in [-0.15, -0.1) is 0 Å². The van der Waals surface area contributed by atoms with E-state index in [2.05, 4.69) is 30.6 Å². The monoisotopic (exact) mass is 173 g/mol. The molecule has 0 aromatic heterocycles. The molecule has 0 aromatic carbocycles. The maximum Gasteiger partial charge on any atom is 0.0394 e. The average Bonchev–Trinajstić information content (AvgIpc) is 2.06. The van der Waals surface area contributed by atoms with Gasteiger partial charge >= 0.3 is 0 Å². The van der Waals surface area contributed by atoms with Crippen LogP contribution in [0.15, 0.2) is 4.99 Å². The van der Waals surface area contributed by atoms with E-state index in [1.54, 1.807) is 0 Å². The molecule has 3 heteroatoms. The van der Waals surface area contributed by atoms with Crippen LogP contribution >= 0.6 is 0 Å². The van der Waals surface area contributed by atoms with Gasteiger partial charge in [0.15, 0.2) is 0 Å². The van der Waals surface area contributed by atoms with Crippen LogP contribution in [0.3, 0.4) is 0 Å². The molecule has 0 heterocycles. The SMILES string of the molecule is C=NCCCN(C)CC.CCN. The summed E-state index contributed by atoms with van der Waals surface area (Å²) in [7, 11) is 2.11. The minimum Gasteiger partial charge on any atom is -0.331 e. The van der Waals surface area contributed by atoms with Crippen molar-refractivity contribution in [1.82, 2.24) is 4.90 Å². The molecule has 0 aliphatic carbocycles. The van der Waals surface area contributed by atoms with Crippen molar-refractivity contribution in [2.75, 3.05) is 33.2 Å². The van der Waals surface area contributed by atoms with Gasteiger partial charge in [-0.05, 0) is 39.8 Å². The lowest BCUT2D eigenvalue weighted by molar-refractivity contribution is 0.350. The number of rotatable bonds is 5. The Morgan fingerprint density at radius 2 is 1.92 bits per heavy atom. The van der Waals surface area contributed by atoms with Crippen molar-refractivity contribution in [3.8, 4) is 0 Å². The van der Waals surface area contributed by atoms with Crippen molar-refractivity contribution in [3.05, 3.63) is 0 Å². The van der Waals surface area contributed by atoms with Crippen LogP contribution in [0.5, 0.6) is 0 Å². The van der Waals surface area contributed by atoms with E-state index in [9.17, 15) is 0 Å². The van der Waals surface area contributed by atoms with Gasteiger partial charge in [-0.1, -0.05) is 13.8 Å². The van der Waals surface area contributed by atoms with E-state index in [4.69, 9.17) is 5.73 Å². The standard InChI is InChI=1S/C7H16N2.C2H7N/c1-4-9(3)7-5-6-8-2;1-2-3/h2,4-7H2,1,3H3;2-3H2,1H3. The van der Waals surface area contributed by atoms with Crippen LogP contribution in [0.1, 0.15) is 20.3 Å². The molecule has 0 rings (SSSR count). The van der Waals surface area contributed by atoms with E-state index in [0.29, 0.717) is 0 Å². The van der Waals surface area contributed by atoms with Gasteiger partial charge in [-0.25, -0.2) is 0 Å². The van der Waals surface area contributed by atoms with Crippen LogP contribution in [0.25, 0.3) is 0 Å². The highest BCUT2D eigenvalue weighted by Gasteiger charge is 1.90. The van der Waals surface area contributed by atoms with E-state index >= 15 is 0 Å². The molecule has 0 aromatic rings. The molecule has 0 saturated carbocycles. The average molecular weight is 173 g/mol. The molecule has 0 aliphatic rings. The summed E-state index contributed by atoms with van der Waals surface area (Å²) >= 11 is 0. The van der Waals surface area contributed by atoms with E-state index in [0.717, 1.165) is 32.6 Å². The second-order valence-electron chi connectivity index (χ2n) is 2.60. The topological polar surface area (TPSA) is 41.6 Å². The van der Waals surface area contributed by atoms with Crippen LogP contribution in [-0.4, -0.2) is 44.8 Å². The third-order valence-corrected chi connectivity index (χ3v) is 1.40. The second kappa shape index (κ2) is 13.2. The van der Waals surface area contributed by atoms with Crippen molar-refractivity contribution in [1.29, 1.82) is 0 Å². The summed E-state index contributed by atoms with van der Waals surface area (Å²) in [6.07, 6.45) is 1.13. The molecule has 3 nitrogen and oxygen atoms in total. The van der Waals surface area contributed by atoms with Gasteiger partial charge in [0.1, 0.15) is 0 Å². The van der Waals surface area contributed by atoms with Crippen molar-refractivity contribution in [2.45, 2.75) is 20.3 Å². The van der Waals surface area contributed by atoms with E-state index < -0.39 is 0 Å². The smallest absolute Gasteiger partial charge is 0.0394 e. The van der Waals surface area contributed by atoms with Crippen LogP contribution in [0, 0.1) is 0 Å². The minimum absolute atomic E-state index is 0.750. The van der Waals surface area contributed by atoms with Gasteiger partial charge in [-0.2, -0.15) is 0 Å². The molecule has 2 N–H and O–H groups in total. The lowest BCUT2D eigenvalue weighted by Gasteiger charge is -2.11. The predicted molar refractivity (Wildman–Crippen MR) is 56.9 cm³/mol. The molecule has 12 heavy (non-hydrogen) atoms. The zero-order valence-corrected chi connectivity index (χ0v) is 8.71. The van der Waals surface area contributed by atoms with Crippen molar-refractivity contribution >= 4 is 6.72 Å². The molecule has 0 saturated heterocycles. The highest BCUT2D eigenvalue weighted by atomic mass is 15.1. The minimum atomic E-state index is 0.750. The fraction of sp³-hybridized carbons (Fsp3) is 0.889. The van der Waals surface area contributed by atoms with Crippen molar-refractivity contribution < 1.29 is 0 Å². The number of nitrogens with zero attached hydrogens (tertiary/aromatic N) is 2.